The highest BCUT2D eigenvalue weighted by Gasteiger charge is 2.15. The molecule has 1 rings (SSSR count). The first kappa shape index (κ1) is 18.1. The summed E-state index contributed by atoms with van der Waals surface area (Å²) in [5.74, 6) is -1.18. The number of sulfone groups is 1. The minimum Gasteiger partial charge on any atom is -0.480 e. The van der Waals surface area contributed by atoms with Gasteiger partial charge in [0.05, 0.1) is 11.5 Å². The molecule has 112 valence electrons. The number of carboxylic acid groups (broad SMARTS) is 1. The Hall–Kier alpha value is -1.93. The summed E-state index contributed by atoms with van der Waals surface area (Å²) in [5.41, 5.74) is 0.429. The van der Waals surface area contributed by atoms with Crippen molar-refractivity contribution < 1.29 is 28.2 Å². The lowest BCUT2D eigenvalue weighted by Crippen LogP contribution is -2.32. The maximum absolute atomic E-state index is 11.2. The van der Waals surface area contributed by atoms with Gasteiger partial charge in [0.15, 0.2) is 9.84 Å². The van der Waals surface area contributed by atoms with E-state index in [1.54, 1.807) is 0 Å². The highest BCUT2D eigenvalue weighted by atomic mass is 32.2. The van der Waals surface area contributed by atoms with Crippen LogP contribution in [0.3, 0.4) is 0 Å². The molecule has 0 aliphatic carbocycles. The number of aldehydes is 1. The van der Waals surface area contributed by atoms with Crippen molar-refractivity contribution >= 4 is 27.8 Å². The third kappa shape index (κ3) is 6.30. The highest BCUT2D eigenvalue weighted by molar-refractivity contribution is 7.90. The van der Waals surface area contributed by atoms with Crippen molar-refractivity contribution in [1.29, 1.82) is 0 Å². The summed E-state index contributed by atoms with van der Waals surface area (Å²) in [6.07, 6.45) is 1.84. The fraction of sp³-hybridized carbons (Fsp3) is 0.333. The standard InChI is InChI=1S/C10H13NO5S.C2H4O/c1-17(15,16)8-4-2-7(3-5-8)11-9(6-12)10(13)14;1-2-3/h2-5,9,11-12H,6H2,1H3,(H,13,14);2H,1H3/t9-;/m0./s1. The molecule has 0 saturated carbocycles. The van der Waals surface area contributed by atoms with Crippen molar-refractivity contribution in [3.05, 3.63) is 24.3 Å². The van der Waals surface area contributed by atoms with Crippen LogP contribution < -0.4 is 5.32 Å². The van der Waals surface area contributed by atoms with Crippen LogP contribution in [0.4, 0.5) is 5.69 Å². The average molecular weight is 303 g/mol. The van der Waals surface area contributed by atoms with E-state index in [2.05, 4.69) is 5.32 Å². The summed E-state index contributed by atoms with van der Waals surface area (Å²) in [4.78, 5) is 19.6. The number of carbonyl (C=O) groups is 2. The van der Waals surface area contributed by atoms with Gasteiger partial charge in [0.1, 0.15) is 12.3 Å². The van der Waals surface area contributed by atoms with Crippen LogP contribution in [0.15, 0.2) is 29.2 Å². The Morgan fingerprint density at radius 3 is 2.10 bits per heavy atom. The Morgan fingerprint density at radius 1 is 1.35 bits per heavy atom. The summed E-state index contributed by atoms with van der Waals surface area (Å²) in [5, 5.41) is 20.1. The van der Waals surface area contributed by atoms with Gasteiger partial charge in [0.25, 0.3) is 0 Å². The minimum absolute atomic E-state index is 0.152. The highest BCUT2D eigenvalue weighted by Crippen LogP contribution is 2.14. The van der Waals surface area contributed by atoms with Crippen LogP contribution in [0.5, 0.6) is 0 Å². The number of rotatable bonds is 5. The van der Waals surface area contributed by atoms with Gasteiger partial charge in [0.2, 0.25) is 0 Å². The normalized spacial score (nSPS) is 11.8. The molecule has 8 heteroatoms. The van der Waals surface area contributed by atoms with E-state index in [1.165, 1.54) is 31.2 Å². The predicted octanol–water partition coefficient (Wildman–Crippen LogP) is 0.153. The zero-order chi connectivity index (χ0) is 15.8. The molecule has 7 nitrogen and oxygen atoms in total. The number of aliphatic carboxylic acids is 1. The Labute approximate surface area is 117 Å². The van der Waals surface area contributed by atoms with Gasteiger partial charge in [-0.2, -0.15) is 0 Å². The number of hydrogen-bond acceptors (Lipinski definition) is 6. The number of aliphatic hydroxyl groups excluding tert-OH is 1. The molecule has 0 aromatic heterocycles. The third-order valence-corrected chi connectivity index (χ3v) is 3.23. The second-order valence-corrected chi connectivity index (χ2v) is 5.77. The average Bonchev–Trinajstić information content (AvgIpc) is 2.36. The Balaban J connectivity index is 0.00000110. The van der Waals surface area contributed by atoms with Crippen LogP contribution in [0.25, 0.3) is 0 Å². The molecule has 1 aromatic carbocycles. The molecule has 0 bridgehead atoms. The summed E-state index contributed by atoms with van der Waals surface area (Å²) in [7, 11) is -3.26. The molecular weight excluding hydrogens is 286 g/mol. The van der Waals surface area contributed by atoms with Crippen LogP contribution in [0.2, 0.25) is 0 Å². The van der Waals surface area contributed by atoms with Gasteiger partial charge in [-0.05, 0) is 31.2 Å². The van der Waals surface area contributed by atoms with E-state index in [1.807, 2.05) is 0 Å². The monoisotopic (exact) mass is 303 g/mol. The van der Waals surface area contributed by atoms with Crippen molar-refractivity contribution in [2.45, 2.75) is 17.9 Å². The number of anilines is 1. The molecule has 0 aliphatic rings. The van der Waals surface area contributed by atoms with Gasteiger partial charge in [-0.15, -0.1) is 0 Å². The van der Waals surface area contributed by atoms with Crippen LogP contribution in [0, 0.1) is 0 Å². The number of carboxylic acids is 1. The Morgan fingerprint density at radius 2 is 1.80 bits per heavy atom. The summed E-state index contributed by atoms with van der Waals surface area (Å²) < 4.78 is 22.4. The lowest BCUT2D eigenvalue weighted by atomic mass is 10.2. The zero-order valence-electron chi connectivity index (χ0n) is 11.1. The summed E-state index contributed by atoms with van der Waals surface area (Å²) >= 11 is 0. The van der Waals surface area contributed by atoms with Crippen LogP contribution in [-0.2, 0) is 19.4 Å². The molecule has 20 heavy (non-hydrogen) atoms. The number of aliphatic hydroxyl groups is 1. The van der Waals surface area contributed by atoms with E-state index in [4.69, 9.17) is 15.0 Å². The lowest BCUT2D eigenvalue weighted by molar-refractivity contribution is -0.138. The zero-order valence-corrected chi connectivity index (χ0v) is 11.9. The van der Waals surface area contributed by atoms with Crippen molar-refractivity contribution in [2.24, 2.45) is 0 Å². The molecule has 0 fully saturated rings. The summed E-state index contributed by atoms with van der Waals surface area (Å²) in [6.45, 7) is 0.892. The predicted molar refractivity (Wildman–Crippen MR) is 73.4 cm³/mol. The molecule has 0 heterocycles. The van der Waals surface area contributed by atoms with Crippen molar-refractivity contribution in [3.63, 3.8) is 0 Å². The van der Waals surface area contributed by atoms with Gasteiger partial charge in [-0.1, -0.05) is 0 Å². The third-order valence-electron chi connectivity index (χ3n) is 2.10. The van der Waals surface area contributed by atoms with E-state index in [0.29, 0.717) is 5.69 Å². The number of carbonyl (C=O) groups excluding carboxylic acids is 1. The second kappa shape index (κ2) is 8.28. The smallest absolute Gasteiger partial charge is 0.328 e. The quantitative estimate of drug-likeness (QED) is 0.662. The molecule has 3 N–H and O–H groups in total. The van der Waals surface area contributed by atoms with Gasteiger partial charge in [-0.3, -0.25) is 0 Å². The lowest BCUT2D eigenvalue weighted by Gasteiger charge is -2.13. The van der Waals surface area contributed by atoms with Crippen LogP contribution in [0.1, 0.15) is 6.92 Å². The van der Waals surface area contributed by atoms with Gasteiger partial charge in [-0.25, -0.2) is 13.2 Å². The molecule has 0 radical (unpaired) electrons. The maximum Gasteiger partial charge on any atom is 0.328 e. The Kier molecular flexibility index (Phi) is 7.48. The molecule has 0 amide bonds. The second-order valence-electron chi connectivity index (χ2n) is 3.75. The van der Waals surface area contributed by atoms with E-state index in [0.717, 1.165) is 12.5 Å². The molecule has 0 unspecified atom stereocenters. The van der Waals surface area contributed by atoms with Crippen LogP contribution in [-0.4, -0.2) is 49.8 Å². The van der Waals surface area contributed by atoms with Gasteiger partial charge < -0.3 is 20.3 Å². The number of nitrogens with one attached hydrogen (secondary N) is 1. The summed E-state index contributed by atoms with van der Waals surface area (Å²) in [6, 6.07) is 4.52. The first-order chi connectivity index (χ1) is 9.26. The molecular formula is C12H17NO6S. The van der Waals surface area contributed by atoms with E-state index in [-0.39, 0.29) is 4.90 Å². The first-order valence-electron chi connectivity index (χ1n) is 5.56. The number of hydrogen-bond donors (Lipinski definition) is 3. The fourth-order valence-electron chi connectivity index (χ4n) is 1.19. The van der Waals surface area contributed by atoms with Gasteiger partial charge in [0, 0.05) is 11.9 Å². The largest absolute Gasteiger partial charge is 0.480 e. The number of benzene rings is 1. The van der Waals surface area contributed by atoms with E-state index >= 15 is 0 Å². The van der Waals surface area contributed by atoms with E-state index in [9.17, 15) is 13.2 Å². The first-order valence-corrected chi connectivity index (χ1v) is 7.45. The molecule has 0 aliphatic heterocycles. The molecule has 1 atom stereocenters. The fourth-order valence-corrected chi connectivity index (χ4v) is 1.82. The topological polar surface area (TPSA) is 121 Å². The van der Waals surface area contributed by atoms with Crippen LogP contribution >= 0.6 is 0 Å². The van der Waals surface area contributed by atoms with Crippen molar-refractivity contribution in [2.75, 3.05) is 18.2 Å². The molecule has 0 spiro atoms. The van der Waals surface area contributed by atoms with Crippen molar-refractivity contribution in [3.8, 4) is 0 Å². The Bertz CT molecular complexity index is 538. The van der Waals surface area contributed by atoms with Gasteiger partial charge >= 0.3 is 5.97 Å². The molecule has 1 aromatic rings. The minimum atomic E-state index is -3.26. The maximum atomic E-state index is 11.2. The molecule has 0 saturated heterocycles. The van der Waals surface area contributed by atoms with Crippen molar-refractivity contribution in [1.82, 2.24) is 0 Å². The van der Waals surface area contributed by atoms with E-state index < -0.39 is 28.5 Å². The SMILES string of the molecule is CC=O.CS(=O)(=O)c1ccc(N[C@@H](CO)C(=O)O)cc1.